The molecule has 7 heteroatoms. The maximum atomic E-state index is 12.7. The molecular formula is C22H25N4O3+. The molecule has 0 radical (unpaired) electrons. The Morgan fingerprint density at radius 2 is 2.00 bits per heavy atom. The zero-order valence-corrected chi connectivity index (χ0v) is 16.5. The highest BCUT2D eigenvalue weighted by Gasteiger charge is 2.27. The third kappa shape index (κ3) is 3.53. The molecule has 1 atom stereocenters. The number of aromatic nitrogens is 2. The lowest BCUT2D eigenvalue weighted by molar-refractivity contribution is -0.902. The van der Waals surface area contributed by atoms with Crippen molar-refractivity contribution in [1.29, 1.82) is 0 Å². The summed E-state index contributed by atoms with van der Waals surface area (Å²) in [5.41, 5.74) is 2.68. The van der Waals surface area contributed by atoms with Crippen LogP contribution in [0.1, 0.15) is 18.7 Å². The lowest BCUT2D eigenvalue weighted by Crippen LogP contribution is -3.08. The summed E-state index contributed by atoms with van der Waals surface area (Å²) in [6.45, 7) is 3.57. The number of hydrogen-bond acceptors (Lipinski definition) is 4. The topological polar surface area (TPSA) is 69.8 Å². The van der Waals surface area contributed by atoms with E-state index in [1.165, 1.54) is 25.9 Å². The number of rotatable bonds is 4. The van der Waals surface area contributed by atoms with Crippen molar-refractivity contribution in [3.63, 3.8) is 0 Å². The second-order valence-electron chi connectivity index (χ2n) is 7.78. The van der Waals surface area contributed by atoms with Crippen molar-refractivity contribution >= 4 is 22.6 Å². The summed E-state index contributed by atoms with van der Waals surface area (Å²) >= 11 is 0. The highest BCUT2D eigenvalue weighted by molar-refractivity contribution is 5.96. The Balaban J connectivity index is 1.31. The van der Waals surface area contributed by atoms with Gasteiger partial charge < -0.3 is 24.3 Å². The van der Waals surface area contributed by atoms with Gasteiger partial charge in [-0.15, -0.1) is 0 Å². The number of fused-ring (bicyclic) bond motifs is 2. The van der Waals surface area contributed by atoms with Gasteiger partial charge in [0.1, 0.15) is 13.2 Å². The average molecular weight is 393 g/mol. The van der Waals surface area contributed by atoms with Crippen LogP contribution >= 0.6 is 0 Å². The molecule has 3 heterocycles. The van der Waals surface area contributed by atoms with Crippen LogP contribution in [0, 0.1) is 0 Å². The monoisotopic (exact) mass is 393 g/mol. The summed E-state index contributed by atoms with van der Waals surface area (Å²) in [5.74, 6) is 2.12. The molecule has 1 fully saturated rings. The van der Waals surface area contributed by atoms with Crippen molar-refractivity contribution in [2.45, 2.75) is 25.5 Å². The average Bonchev–Trinajstić information content (AvgIpc) is 3.36. The van der Waals surface area contributed by atoms with E-state index in [1.54, 1.807) is 11.0 Å². The van der Waals surface area contributed by atoms with Crippen LogP contribution in [-0.4, -0.2) is 41.3 Å². The van der Waals surface area contributed by atoms with Gasteiger partial charge in [0, 0.05) is 25.6 Å². The number of ether oxygens (including phenoxy) is 2. The minimum Gasteiger partial charge on any atom is -0.485 e. The Morgan fingerprint density at radius 3 is 2.83 bits per heavy atom. The molecule has 0 spiro atoms. The van der Waals surface area contributed by atoms with Crippen LogP contribution in [0.3, 0.4) is 0 Å². The molecule has 150 valence electrons. The van der Waals surface area contributed by atoms with Crippen molar-refractivity contribution in [3.05, 3.63) is 48.3 Å². The number of imidazole rings is 1. The van der Waals surface area contributed by atoms with Crippen molar-refractivity contribution in [1.82, 2.24) is 9.55 Å². The molecule has 29 heavy (non-hydrogen) atoms. The largest absolute Gasteiger partial charge is 0.485 e. The number of likely N-dealkylation sites (tertiary alicyclic amines) is 1. The Morgan fingerprint density at radius 1 is 1.21 bits per heavy atom. The molecule has 0 saturated carbocycles. The van der Waals surface area contributed by atoms with Gasteiger partial charge in [0.2, 0.25) is 6.10 Å². The number of carbonyl (C=O) groups is 1. The van der Waals surface area contributed by atoms with Crippen molar-refractivity contribution in [2.24, 2.45) is 7.05 Å². The normalized spacial score (nSPS) is 18.9. The molecular weight excluding hydrogens is 368 g/mol. The van der Waals surface area contributed by atoms with Crippen LogP contribution in [0.25, 0.3) is 11.0 Å². The second kappa shape index (κ2) is 7.40. The number of nitrogens with zero attached hydrogens (tertiary/aromatic N) is 2. The third-order valence-electron chi connectivity index (χ3n) is 5.76. The van der Waals surface area contributed by atoms with Crippen LogP contribution in [0.4, 0.5) is 5.69 Å². The van der Waals surface area contributed by atoms with E-state index in [-0.39, 0.29) is 12.5 Å². The quantitative estimate of drug-likeness (QED) is 0.705. The Bertz CT molecular complexity index is 1060. The van der Waals surface area contributed by atoms with Gasteiger partial charge in [-0.2, -0.15) is 0 Å². The van der Waals surface area contributed by atoms with E-state index >= 15 is 0 Å². The molecule has 1 amide bonds. The predicted octanol–water partition coefficient (Wildman–Crippen LogP) is 1.53. The summed E-state index contributed by atoms with van der Waals surface area (Å²) in [6.07, 6.45) is 1.92. The molecule has 0 unspecified atom stereocenters. The van der Waals surface area contributed by atoms with Crippen molar-refractivity contribution in [2.75, 3.05) is 25.0 Å². The molecule has 2 N–H and O–H groups in total. The Labute approximate surface area is 169 Å². The van der Waals surface area contributed by atoms with Gasteiger partial charge in [0.05, 0.1) is 24.1 Å². The summed E-state index contributed by atoms with van der Waals surface area (Å²) < 4.78 is 13.6. The van der Waals surface area contributed by atoms with E-state index < -0.39 is 6.10 Å². The number of amides is 1. The van der Waals surface area contributed by atoms with Gasteiger partial charge in [0.25, 0.3) is 5.91 Å². The Kier molecular flexibility index (Phi) is 4.60. The summed E-state index contributed by atoms with van der Waals surface area (Å²) in [6, 6.07) is 13.2. The van der Waals surface area contributed by atoms with E-state index in [0.29, 0.717) is 17.2 Å². The number of para-hydroxylation sites is 2. The van der Waals surface area contributed by atoms with Crippen LogP contribution in [0.15, 0.2) is 42.5 Å². The predicted molar refractivity (Wildman–Crippen MR) is 109 cm³/mol. The van der Waals surface area contributed by atoms with Gasteiger partial charge in [-0.05, 0) is 30.3 Å². The molecule has 2 aromatic carbocycles. The van der Waals surface area contributed by atoms with Crippen LogP contribution < -0.4 is 19.7 Å². The number of nitrogens with one attached hydrogen (secondary N) is 2. The first kappa shape index (κ1) is 18.0. The van der Waals surface area contributed by atoms with E-state index in [9.17, 15) is 4.79 Å². The number of anilines is 1. The highest BCUT2D eigenvalue weighted by Crippen LogP contribution is 2.31. The standard InChI is InChI=1S/C22H24N4O3/c1-25-17-9-8-15(12-16(17)24-21(25)13-26-10-4-5-11-26)23-22(27)20-14-28-18-6-2-3-7-19(18)29-20/h2-3,6-9,12,20H,4-5,10-11,13-14H2,1H3,(H,23,27)/p+1/t20-/m1/s1. The van der Waals surface area contributed by atoms with Crippen molar-refractivity contribution in [3.8, 4) is 11.5 Å². The molecule has 5 rings (SSSR count). The van der Waals surface area contributed by atoms with E-state index in [2.05, 4.69) is 16.9 Å². The second-order valence-corrected chi connectivity index (χ2v) is 7.78. The maximum Gasteiger partial charge on any atom is 0.269 e. The first-order chi connectivity index (χ1) is 14.2. The van der Waals surface area contributed by atoms with Gasteiger partial charge in [0.15, 0.2) is 17.3 Å². The molecule has 1 aromatic heterocycles. The number of carbonyl (C=O) groups excluding carboxylic acids is 1. The fourth-order valence-electron chi connectivity index (χ4n) is 4.13. The minimum atomic E-state index is -0.682. The van der Waals surface area contributed by atoms with Gasteiger partial charge in [-0.25, -0.2) is 4.98 Å². The lowest BCUT2D eigenvalue weighted by Gasteiger charge is -2.25. The van der Waals surface area contributed by atoms with E-state index in [1.807, 2.05) is 36.4 Å². The van der Waals surface area contributed by atoms with E-state index in [4.69, 9.17) is 14.5 Å². The van der Waals surface area contributed by atoms with Gasteiger partial charge >= 0.3 is 0 Å². The zero-order chi connectivity index (χ0) is 19.8. The minimum absolute atomic E-state index is 0.192. The highest BCUT2D eigenvalue weighted by atomic mass is 16.6. The summed E-state index contributed by atoms with van der Waals surface area (Å²) in [4.78, 5) is 19.1. The zero-order valence-electron chi connectivity index (χ0n) is 16.5. The molecule has 1 saturated heterocycles. The van der Waals surface area contributed by atoms with Crippen LogP contribution in [0.2, 0.25) is 0 Å². The molecule has 0 bridgehead atoms. The fourth-order valence-corrected chi connectivity index (χ4v) is 4.13. The van der Waals surface area contributed by atoms with Crippen LogP contribution in [-0.2, 0) is 18.4 Å². The SMILES string of the molecule is Cn1c(C[NH+]2CCCC2)nc2cc(NC(=O)[C@H]3COc4ccccc4O3)ccc21. The molecule has 3 aromatic rings. The van der Waals surface area contributed by atoms with Crippen LogP contribution in [0.5, 0.6) is 11.5 Å². The number of hydrogen-bond donors (Lipinski definition) is 2. The summed E-state index contributed by atoms with van der Waals surface area (Å²) in [5, 5.41) is 2.94. The third-order valence-corrected chi connectivity index (χ3v) is 5.76. The smallest absolute Gasteiger partial charge is 0.269 e. The lowest BCUT2D eigenvalue weighted by atomic mass is 10.2. The molecule has 2 aliphatic heterocycles. The number of aryl methyl sites for hydroxylation is 1. The first-order valence-electron chi connectivity index (χ1n) is 10.2. The van der Waals surface area contributed by atoms with Gasteiger partial charge in [-0.3, -0.25) is 4.79 Å². The van der Waals surface area contributed by atoms with Gasteiger partial charge in [-0.1, -0.05) is 12.1 Å². The molecule has 7 nitrogen and oxygen atoms in total. The van der Waals surface area contributed by atoms with Crippen molar-refractivity contribution < 1.29 is 19.2 Å². The number of benzene rings is 2. The Hall–Kier alpha value is -3.06. The fraction of sp³-hybridized carbons (Fsp3) is 0.364. The number of quaternary nitrogens is 1. The molecule has 0 aliphatic carbocycles. The maximum absolute atomic E-state index is 12.7. The van der Waals surface area contributed by atoms with E-state index in [0.717, 1.165) is 23.4 Å². The first-order valence-corrected chi connectivity index (χ1v) is 10.2. The molecule has 2 aliphatic rings. The summed E-state index contributed by atoms with van der Waals surface area (Å²) in [7, 11) is 2.06.